The van der Waals surface area contributed by atoms with Crippen LogP contribution < -0.4 is 20.1 Å². The molecule has 0 bridgehead atoms. The fourth-order valence-electron chi connectivity index (χ4n) is 2.27. The number of ether oxygens (including phenoxy) is 2. The van der Waals surface area contributed by atoms with E-state index in [0.29, 0.717) is 32.7 Å². The van der Waals surface area contributed by atoms with Crippen molar-refractivity contribution in [2.24, 2.45) is 0 Å². The van der Waals surface area contributed by atoms with E-state index in [1.54, 1.807) is 43.5 Å². The Balaban J connectivity index is 1.73. The minimum absolute atomic E-state index is 0.137. The first-order valence-corrected chi connectivity index (χ1v) is 9.01. The highest BCUT2D eigenvalue weighted by atomic mass is 35.5. The van der Waals surface area contributed by atoms with E-state index in [1.807, 2.05) is 0 Å². The highest BCUT2D eigenvalue weighted by Crippen LogP contribution is 2.34. The number of thiocarbonyl (C=S) groups is 1. The number of hydrogen-bond acceptors (Lipinski definition) is 6. The number of halogens is 1. The van der Waals surface area contributed by atoms with Gasteiger partial charge in [0, 0.05) is 6.07 Å². The van der Waals surface area contributed by atoms with Crippen molar-refractivity contribution in [2.45, 2.75) is 0 Å². The molecule has 0 radical (unpaired) electrons. The fourth-order valence-corrected chi connectivity index (χ4v) is 3.64. The van der Waals surface area contributed by atoms with Crippen molar-refractivity contribution >= 4 is 61.5 Å². The molecule has 0 aliphatic carbocycles. The molecule has 3 rings (SSSR count). The van der Waals surface area contributed by atoms with Gasteiger partial charge in [0.2, 0.25) is 0 Å². The van der Waals surface area contributed by atoms with Crippen LogP contribution in [0, 0.1) is 0 Å². The van der Waals surface area contributed by atoms with Crippen molar-refractivity contribution in [1.29, 1.82) is 0 Å². The third kappa shape index (κ3) is 3.87. The van der Waals surface area contributed by atoms with Crippen LogP contribution in [0.5, 0.6) is 11.5 Å². The highest BCUT2D eigenvalue weighted by molar-refractivity contribution is 7.80. The third-order valence-electron chi connectivity index (χ3n) is 3.46. The van der Waals surface area contributed by atoms with Crippen LogP contribution in [0.4, 0.5) is 5.13 Å². The predicted octanol–water partition coefficient (Wildman–Crippen LogP) is 4.09. The molecule has 26 heavy (non-hydrogen) atoms. The quantitative estimate of drug-likeness (QED) is 0.634. The maximum absolute atomic E-state index is 12.4. The molecule has 0 spiro atoms. The zero-order valence-electron chi connectivity index (χ0n) is 13.8. The summed E-state index contributed by atoms with van der Waals surface area (Å²) in [4.78, 5) is 16.8. The minimum atomic E-state index is -0.370. The lowest BCUT2D eigenvalue weighted by Crippen LogP contribution is -2.34. The van der Waals surface area contributed by atoms with Gasteiger partial charge >= 0.3 is 0 Å². The van der Waals surface area contributed by atoms with Gasteiger partial charge in [-0.25, -0.2) is 4.98 Å². The largest absolute Gasteiger partial charge is 0.496 e. The summed E-state index contributed by atoms with van der Waals surface area (Å²) in [6.45, 7) is 0. The molecule has 1 aromatic heterocycles. The number of para-hydroxylation sites is 1. The number of carbonyl (C=O) groups excluding carboxylic acids is 1. The van der Waals surface area contributed by atoms with Crippen molar-refractivity contribution < 1.29 is 14.3 Å². The second-order valence-electron chi connectivity index (χ2n) is 5.08. The molecule has 1 amide bonds. The Kier molecular flexibility index (Phi) is 5.55. The molecule has 0 saturated heterocycles. The zero-order chi connectivity index (χ0) is 18.7. The van der Waals surface area contributed by atoms with Crippen LogP contribution in [-0.4, -0.2) is 30.2 Å². The van der Waals surface area contributed by atoms with Gasteiger partial charge in [-0.3, -0.25) is 10.1 Å². The first kappa shape index (κ1) is 18.4. The second kappa shape index (κ2) is 7.86. The van der Waals surface area contributed by atoms with E-state index in [9.17, 15) is 4.79 Å². The predicted molar refractivity (Wildman–Crippen MR) is 108 cm³/mol. The number of benzene rings is 2. The maximum atomic E-state index is 12.4. The molecule has 0 aliphatic rings. The highest BCUT2D eigenvalue weighted by Gasteiger charge is 2.14. The van der Waals surface area contributed by atoms with Crippen LogP contribution in [0.2, 0.25) is 5.02 Å². The summed E-state index contributed by atoms with van der Waals surface area (Å²) in [6, 6.07) is 10.4. The van der Waals surface area contributed by atoms with Crippen LogP contribution >= 0.6 is 35.2 Å². The first-order valence-electron chi connectivity index (χ1n) is 7.41. The van der Waals surface area contributed by atoms with E-state index < -0.39 is 0 Å². The lowest BCUT2D eigenvalue weighted by Gasteiger charge is -2.09. The molecular formula is C17H14ClN3O3S2. The molecule has 2 N–H and O–H groups in total. The van der Waals surface area contributed by atoms with Crippen molar-refractivity contribution in [3.05, 3.63) is 47.0 Å². The Bertz CT molecular complexity index is 991. The molecule has 134 valence electrons. The van der Waals surface area contributed by atoms with Crippen LogP contribution in [0.1, 0.15) is 10.4 Å². The summed E-state index contributed by atoms with van der Waals surface area (Å²) in [7, 11) is 3.05. The van der Waals surface area contributed by atoms with Gasteiger partial charge in [-0.1, -0.05) is 35.1 Å². The number of anilines is 1. The fraction of sp³-hybridized carbons (Fsp3) is 0.118. The maximum Gasteiger partial charge on any atom is 0.261 e. The summed E-state index contributed by atoms with van der Waals surface area (Å²) in [6.07, 6.45) is 0. The van der Waals surface area contributed by atoms with Gasteiger partial charge in [-0.2, -0.15) is 0 Å². The minimum Gasteiger partial charge on any atom is -0.496 e. The van der Waals surface area contributed by atoms with Crippen molar-refractivity contribution in [2.75, 3.05) is 19.5 Å². The van der Waals surface area contributed by atoms with Crippen molar-refractivity contribution in [3.63, 3.8) is 0 Å². The van der Waals surface area contributed by atoms with Gasteiger partial charge in [0.25, 0.3) is 5.91 Å². The van der Waals surface area contributed by atoms with E-state index in [0.717, 1.165) is 4.70 Å². The number of thiazole rings is 1. The van der Waals surface area contributed by atoms with E-state index in [-0.39, 0.29) is 11.0 Å². The van der Waals surface area contributed by atoms with E-state index in [1.165, 1.54) is 18.4 Å². The molecule has 6 nitrogen and oxygen atoms in total. The summed E-state index contributed by atoms with van der Waals surface area (Å²) >= 11 is 12.7. The number of hydrogen-bond donors (Lipinski definition) is 2. The summed E-state index contributed by atoms with van der Waals surface area (Å²) in [5.41, 5.74) is 1.10. The van der Waals surface area contributed by atoms with Crippen molar-refractivity contribution in [3.8, 4) is 11.5 Å². The van der Waals surface area contributed by atoms with Crippen LogP contribution in [0.3, 0.4) is 0 Å². The number of carbonyl (C=O) groups is 1. The average Bonchev–Trinajstić information content (AvgIpc) is 3.01. The molecule has 1 heterocycles. The number of rotatable bonds is 4. The summed E-state index contributed by atoms with van der Waals surface area (Å²) in [5, 5.41) is 6.67. The SMILES string of the molecule is COc1cc2sc(NC(=S)NC(=O)c3ccccc3OC)nc2cc1Cl. The van der Waals surface area contributed by atoms with E-state index in [2.05, 4.69) is 15.6 Å². The van der Waals surface area contributed by atoms with E-state index >= 15 is 0 Å². The summed E-state index contributed by atoms with van der Waals surface area (Å²) in [5.74, 6) is 0.668. The molecular weight excluding hydrogens is 394 g/mol. The lowest BCUT2D eigenvalue weighted by atomic mass is 10.2. The van der Waals surface area contributed by atoms with Crippen LogP contribution in [-0.2, 0) is 0 Å². The molecule has 0 aliphatic heterocycles. The molecule has 2 aromatic carbocycles. The zero-order valence-corrected chi connectivity index (χ0v) is 16.2. The molecule has 0 atom stereocenters. The Morgan fingerprint density at radius 2 is 1.92 bits per heavy atom. The molecule has 3 aromatic rings. The number of fused-ring (bicyclic) bond motifs is 1. The van der Waals surface area contributed by atoms with Gasteiger partial charge in [0.15, 0.2) is 10.2 Å². The standard InChI is InChI=1S/C17H14ClN3O3S2/c1-23-12-6-4-3-5-9(12)15(22)20-16(25)21-17-19-11-7-10(18)13(24-2)8-14(11)26-17/h3-8H,1-2H3,(H2,19,20,21,22,25). The lowest BCUT2D eigenvalue weighted by molar-refractivity contribution is 0.0975. The van der Waals surface area contributed by atoms with E-state index in [4.69, 9.17) is 33.3 Å². The van der Waals surface area contributed by atoms with Gasteiger partial charge in [0.1, 0.15) is 11.5 Å². The van der Waals surface area contributed by atoms with Gasteiger partial charge in [-0.05, 0) is 30.4 Å². The number of aromatic nitrogens is 1. The molecule has 9 heteroatoms. The average molecular weight is 408 g/mol. The molecule has 0 unspecified atom stereocenters. The Morgan fingerprint density at radius 3 is 2.65 bits per heavy atom. The van der Waals surface area contributed by atoms with Gasteiger partial charge < -0.3 is 14.8 Å². The van der Waals surface area contributed by atoms with Crippen LogP contribution in [0.25, 0.3) is 10.2 Å². The first-order chi connectivity index (χ1) is 12.5. The number of nitrogens with one attached hydrogen (secondary N) is 2. The van der Waals surface area contributed by atoms with Gasteiger partial charge in [0.05, 0.1) is 35.0 Å². The number of amides is 1. The second-order valence-corrected chi connectivity index (χ2v) is 6.93. The smallest absolute Gasteiger partial charge is 0.261 e. The Morgan fingerprint density at radius 1 is 1.19 bits per heavy atom. The van der Waals surface area contributed by atoms with Gasteiger partial charge in [-0.15, -0.1) is 0 Å². The third-order valence-corrected chi connectivity index (χ3v) is 4.89. The number of methoxy groups -OCH3 is 2. The molecule has 0 saturated carbocycles. The van der Waals surface area contributed by atoms with Crippen LogP contribution in [0.15, 0.2) is 36.4 Å². The summed E-state index contributed by atoms with van der Waals surface area (Å²) < 4.78 is 11.3. The normalized spacial score (nSPS) is 10.4. The molecule has 0 fully saturated rings. The monoisotopic (exact) mass is 407 g/mol. The Labute approximate surface area is 164 Å². The van der Waals surface area contributed by atoms with Crippen molar-refractivity contribution in [1.82, 2.24) is 10.3 Å². The number of nitrogens with zero attached hydrogens (tertiary/aromatic N) is 1. The Hall–Kier alpha value is -2.42. The topological polar surface area (TPSA) is 72.5 Å².